The van der Waals surface area contributed by atoms with Crippen LogP contribution in [0.1, 0.15) is 47.2 Å². The lowest BCUT2D eigenvalue weighted by Gasteiger charge is -2.35. The first kappa shape index (κ1) is 28.5. The zero-order valence-corrected chi connectivity index (χ0v) is 27.0. The Balaban J connectivity index is 1.34. The Morgan fingerprint density at radius 2 is 0.958 bits per heavy atom. The quantitative estimate of drug-likeness (QED) is 0.185. The van der Waals surface area contributed by atoms with E-state index in [2.05, 4.69) is 164 Å². The maximum absolute atomic E-state index is 15.1. The predicted octanol–water partition coefficient (Wildman–Crippen LogP) is 12.0. The van der Waals surface area contributed by atoms with E-state index in [1.165, 1.54) is 61.7 Å². The Kier molecular flexibility index (Phi) is 6.32. The molecular weight excluding hydrogens is 586 g/mol. The molecule has 0 saturated carbocycles. The van der Waals surface area contributed by atoms with Gasteiger partial charge >= 0.3 is 0 Å². The van der Waals surface area contributed by atoms with Crippen molar-refractivity contribution in [2.45, 2.75) is 24.7 Å². The lowest BCUT2D eigenvalue weighted by molar-refractivity contribution is 0.628. The number of fused-ring (bicyclic) bond motifs is 6. The molecule has 2 aliphatic carbocycles. The number of anilines is 3. The SMILES string of the molecule is CC1(C)c2ccccc2-c2c(N(c3cccc(F)c3)c3cccc(C4(c5ccccc5)c5ccccc5-c5ccccc54)c3)cccc21. The van der Waals surface area contributed by atoms with Gasteiger partial charge in [0.2, 0.25) is 0 Å². The van der Waals surface area contributed by atoms with Crippen molar-refractivity contribution in [1.29, 1.82) is 0 Å². The second-order valence-corrected chi connectivity index (χ2v) is 13.4. The van der Waals surface area contributed by atoms with E-state index in [0.29, 0.717) is 0 Å². The number of rotatable bonds is 5. The van der Waals surface area contributed by atoms with Crippen LogP contribution in [0, 0.1) is 5.82 Å². The molecule has 0 aromatic heterocycles. The molecule has 0 amide bonds. The van der Waals surface area contributed by atoms with Crippen LogP contribution >= 0.6 is 0 Å². The van der Waals surface area contributed by atoms with Crippen molar-refractivity contribution >= 4 is 17.1 Å². The number of hydrogen-bond donors (Lipinski definition) is 0. The summed E-state index contributed by atoms with van der Waals surface area (Å²) < 4.78 is 15.1. The van der Waals surface area contributed by atoms with E-state index >= 15 is 4.39 Å². The zero-order valence-electron chi connectivity index (χ0n) is 27.0. The van der Waals surface area contributed by atoms with Gasteiger partial charge in [0.25, 0.3) is 0 Å². The summed E-state index contributed by atoms with van der Waals surface area (Å²) in [7, 11) is 0. The molecule has 0 bridgehead atoms. The van der Waals surface area contributed by atoms with Crippen LogP contribution in [0.15, 0.2) is 170 Å². The third-order valence-corrected chi connectivity index (χ3v) is 10.6. The number of halogens is 1. The van der Waals surface area contributed by atoms with Crippen molar-refractivity contribution in [2.24, 2.45) is 0 Å². The van der Waals surface area contributed by atoms with Crippen molar-refractivity contribution in [1.82, 2.24) is 0 Å². The van der Waals surface area contributed by atoms with Crippen molar-refractivity contribution in [3.05, 3.63) is 209 Å². The molecule has 2 heteroatoms. The first-order valence-electron chi connectivity index (χ1n) is 16.6. The summed E-state index contributed by atoms with van der Waals surface area (Å²) in [6.45, 7) is 4.60. The highest BCUT2D eigenvalue weighted by Gasteiger charge is 2.46. The third kappa shape index (κ3) is 3.96. The predicted molar refractivity (Wildman–Crippen MR) is 196 cm³/mol. The van der Waals surface area contributed by atoms with E-state index in [9.17, 15) is 0 Å². The maximum atomic E-state index is 15.1. The molecule has 0 fully saturated rings. The molecule has 9 rings (SSSR count). The van der Waals surface area contributed by atoms with Crippen LogP contribution in [0.3, 0.4) is 0 Å². The summed E-state index contributed by atoms with van der Waals surface area (Å²) in [5.41, 5.74) is 14.5. The zero-order chi connectivity index (χ0) is 32.5. The van der Waals surface area contributed by atoms with Gasteiger partial charge in [-0.3, -0.25) is 0 Å². The van der Waals surface area contributed by atoms with Crippen LogP contribution in [-0.2, 0) is 10.8 Å². The molecule has 0 unspecified atom stereocenters. The van der Waals surface area contributed by atoms with E-state index in [0.717, 1.165) is 17.1 Å². The van der Waals surface area contributed by atoms with Crippen molar-refractivity contribution in [3.63, 3.8) is 0 Å². The molecule has 1 nitrogen and oxygen atoms in total. The van der Waals surface area contributed by atoms with Gasteiger partial charge in [0.15, 0.2) is 0 Å². The summed E-state index contributed by atoms with van der Waals surface area (Å²) in [6.07, 6.45) is 0. The molecule has 0 atom stereocenters. The first-order valence-corrected chi connectivity index (χ1v) is 16.6. The van der Waals surface area contributed by atoms with E-state index in [1.807, 2.05) is 6.07 Å². The monoisotopic (exact) mass is 619 g/mol. The standard InChI is InChI=1S/C46H34FN/c1-45(2)39-24-9-8-23-38(39)44-42(45)27-14-28-43(44)48(35-20-13-18-33(47)30-35)34-19-12-17-32(29-34)46(31-15-4-3-5-16-31)40-25-10-6-21-36(40)37-22-7-11-26-41(37)46/h3-30H,1-2H3. The minimum absolute atomic E-state index is 0.161. The molecular formula is C46H34FN. The van der Waals surface area contributed by atoms with E-state index in [-0.39, 0.29) is 11.2 Å². The van der Waals surface area contributed by atoms with Crippen LogP contribution in [0.25, 0.3) is 22.3 Å². The van der Waals surface area contributed by atoms with Gasteiger partial charge in [-0.2, -0.15) is 0 Å². The van der Waals surface area contributed by atoms with Crippen LogP contribution in [0.2, 0.25) is 0 Å². The van der Waals surface area contributed by atoms with Crippen molar-refractivity contribution < 1.29 is 4.39 Å². The van der Waals surface area contributed by atoms with Gasteiger partial charge in [-0.25, -0.2) is 4.39 Å². The Bertz CT molecular complexity index is 2310. The summed E-state index contributed by atoms with van der Waals surface area (Å²) in [6, 6.07) is 59.6. The summed E-state index contributed by atoms with van der Waals surface area (Å²) >= 11 is 0. The summed E-state index contributed by atoms with van der Waals surface area (Å²) in [4.78, 5) is 2.25. The van der Waals surface area contributed by atoms with E-state index in [1.54, 1.807) is 12.1 Å². The molecule has 0 radical (unpaired) electrons. The van der Waals surface area contributed by atoms with E-state index in [4.69, 9.17) is 0 Å². The van der Waals surface area contributed by atoms with Gasteiger partial charge in [-0.05, 0) is 86.5 Å². The molecule has 0 aliphatic heterocycles. The molecule has 7 aromatic carbocycles. The molecule has 0 spiro atoms. The van der Waals surface area contributed by atoms with Crippen LogP contribution < -0.4 is 4.90 Å². The fraction of sp³-hybridized carbons (Fsp3) is 0.0870. The smallest absolute Gasteiger partial charge is 0.125 e. The van der Waals surface area contributed by atoms with E-state index < -0.39 is 5.41 Å². The topological polar surface area (TPSA) is 3.24 Å². The Labute approximate surface area is 281 Å². The van der Waals surface area contributed by atoms with Gasteiger partial charge in [0.1, 0.15) is 5.82 Å². The minimum atomic E-state index is -0.536. The van der Waals surface area contributed by atoms with Crippen molar-refractivity contribution in [2.75, 3.05) is 4.90 Å². The Morgan fingerprint density at radius 1 is 0.438 bits per heavy atom. The fourth-order valence-corrected chi connectivity index (χ4v) is 8.55. The largest absolute Gasteiger partial charge is 0.310 e. The highest BCUT2D eigenvalue weighted by molar-refractivity contribution is 5.95. The van der Waals surface area contributed by atoms with Crippen LogP contribution in [0.4, 0.5) is 21.5 Å². The normalized spacial score (nSPS) is 14.5. The lowest BCUT2D eigenvalue weighted by Crippen LogP contribution is -2.28. The molecule has 230 valence electrons. The van der Waals surface area contributed by atoms with Crippen LogP contribution in [0.5, 0.6) is 0 Å². The summed E-state index contributed by atoms with van der Waals surface area (Å²) in [5, 5.41) is 0. The Morgan fingerprint density at radius 3 is 1.65 bits per heavy atom. The average molecular weight is 620 g/mol. The second-order valence-electron chi connectivity index (χ2n) is 13.4. The minimum Gasteiger partial charge on any atom is -0.310 e. The van der Waals surface area contributed by atoms with Crippen molar-refractivity contribution in [3.8, 4) is 22.3 Å². The van der Waals surface area contributed by atoms with Crippen LogP contribution in [-0.4, -0.2) is 0 Å². The van der Waals surface area contributed by atoms with Gasteiger partial charge in [0, 0.05) is 22.4 Å². The molecule has 0 N–H and O–H groups in total. The fourth-order valence-electron chi connectivity index (χ4n) is 8.55. The summed E-state index contributed by atoms with van der Waals surface area (Å²) in [5.74, 6) is -0.263. The maximum Gasteiger partial charge on any atom is 0.125 e. The first-order chi connectivity index (χ1) is 23.5. The molecule has 0 heterocycles. The molecule has 0 saturated heterocycles. The molecule has 7 aromatic rings. The van der Waals surface area contributed by atoms with Gasteiger partial charge in [-0.15, -0.1) is 0 Å². The Hall–Kier alpha value is -5.73. The van der Waals surface area contributed by atoms with Gasteiger partial charge < -0.3 is 4.90 Å². The second kappa shape index (κ2) is 10.7. The molecule has 48 heavy (non-hydrogen) atoms. The van der Waals surface area contributed by atoms with Gasteiger partial charge in [-0.1, -0.05) is 147 Å². The number of nitrogens with zero attached hydrogens (tertiary/aromatic N) is 1. The lowest BCUT2D eigenvalue weighted by atomic mass is 9.67. The highest BCUT2D eigenvalue weighted by atomic mass is 19.1. The van der Waals surface area contributed by atoms with Gasteiger partial charge in [0.05, 0.1) is 11.1 Å². The third-order valence-electron chi connectivity index (χ3n) is 10.6. The highest BCUT2D eigenvalue weighted by Crippen LogP contribution is 2.58. The molecule has 2 aliphatic rings. The number of hydrogen-bond acceptors (Lipinski definition) is 1. The number of benzene rings is 7. The average Bonchev–Trinajstić information content (AvgIpc) is 3.56.